The number of nitrogens with zero attached hydrogens (tertiary/aromatic N) is 3. The molecule has 0 radical (unpaired) electrons. The minimum atomic E-state index is 0. The summed E-state index contributed by atoms with van der Waals surface area (Å²) in [6, 6.07) is 10.6. The lowest BCUT2D eigenvalue weighted by atomic mass is 10.1. The SMILES string of the molecule is CCNC(=NCCCc1ccccc1)NCCCCn1ccnc1C.I. The molecule has 1 aromatic heterocycles. The second kappa shape index (κ2) is 13.6. The van der Waals surface area contributed by atoms with Crippen LogP contribution in [-0.2, 0) is 13.0 Å². The van der Waals surface area contributed by atoms with Crippen molar-refractivity contribution in [1.82, 2.24) is 20.2 Å². The fourth-order valence-electron chi connectivity index (χ4n) is 2.71. The topological polar surface area (TPSA) is 54.2 Å². The van der Waals surface area contributed by atoms with E-state index in [9.17, 15) is 0 Å². The third-order valence-corrected chi connectivity index (χ3v) is 4.12. The van der Waals surface area contributed by atoms with Gasteiger partial charge in [-0.1, -0.05) is 30.3 Å². The van der Waals surface area contributed by atoms with Crippen LogP contribution < -0.4 is 10.6 Å². The molecule has 5 nitrogen and oxygen atoms in total. The maximum atomic E-state index is 4.67. The number of aromatic nitrogens is 2. The molecule has 0 fully saturated rings. The van der Waals surface area contributed by atoms with E-state index in [-0.39, 0.29) is 24.0 Å². The van der Waals surface area contributed by atoms with Crippen molar-refractivity contribution in [2.45, 2.75) is 46.1 Å². The van der Waals surface area contributed by atoms with Crippen LogP contribution in [0.3, 0.4) is 0 Å². The van der Waals surface area contributed by atoms with Gasteiger partial charge in [0.1, 0.15) is 5.82 Å². The quantitative estimate of drug-likeness (QED) is 0.241. The van der Waals surface area contributed by atoms with Crippen LogP contribution in [0.2, 0.25) is 0 Å². The number of unbranched alkanes of at least 4 members (excludes halogenated alkanes) is 1. The van der Waals surface area contributed by atoms with Gasteiger partial charge in [-0.3, -0.25) is 4.99 Å². The van der Waals surface area contributed by atoms with Gasteiger partial charge >= 0.3 is 0 Å². The molecule has 0 bridgehead atoms. The number of hydrogen-bond acceptors (Lipinski definition) is 2. The monoisotopic (exact) mass is 469 g/mol. The van der Waals surface area contributed by atoms with Crippen LogP contribution in [0.5, 0.6) is 0 Å². The Morgan fingerprint density at radius 3 is 2.62 bits per heavy atom. The molecule has 6 heteroatoms. The Kier molecular flexibility index (Phi) is 11.8. The van der Waals surface area contributed by atoms with E-state index < -0.39 is 0 Å². The van der Waals surface area contributed by atoms with Gasteiger partial charge in [0.25, 0.3) is 0 Å². The summed E-state index contributed by atoms with van der Waals surface area (Å²) in [6.07, 6.45) is 8.30. The van der Waals surface area contributed by atoms with E-state index in [1.807, 2.05) is 19.3 Å². The maximum absolute atomic E-state index is 4.67. The molecule has 144 valence electrons. The molecule has 0 unspecified atom stereocenters. The van der Waals surface area contributed by atoms with Gasteiger partial charge in [0.05, 0.1) is 0 Å². The molecule has 0 saturated heterocycles. The predicted octanol–water partition coefficient (Wildman–Crippen LogP) is 3.78. The summed E-state index contributed by atoms with van der Waals surface area (Å²) in [7, 11) is 0. The van der Waals surface area contributed by atoms with Crippen LogP contribution in [0, 0.1) is 6.92 Å². The number of imidazole rings is 1. The summed E-state index contributed by atoms with van der Waals surface area (Å²) in [4.78, 5) is 8.92. The van der Waals surface area contributed by atoms with Gasteiger partial charge in [0.15, 0.2) is 5.96 Å². The Morgan fingerprint density at radius 1 is 1.12 bits per heavy atom. The molecular weight excluding hydrogens is 437 g/mol. The summed E-state index contributed by atoms with van der Waals surface area (Å²) in [5, 5.41) is 6.75. The second-order valence-corrected chi connectivity index (χ2v) is 6.15. The zero-order chi connectivity index (χ0) is 17.7. The zero-order valence-electron chi connectivity index (χ0n) is 15.9. The lowest BCUT2D eigenvalue weighted by Crippen LogP contribution is -2.38. The minimum absolute atomic E-state index is 0. The Morgan fingerprint density at radius 2 is 1.92 bits per heavy atom. The summed E-state index contributed by atoms with van der Waals surface area (Å²) >= 11 is 0. The predicted molar refractivity (Wildman–Crippen MR) is 120 cm³/mol. The van der Waals surface area contributed by atoms with E-state index in [0.29, 0.717) is 0 Å². The Balaban J connectivity index is 0.00000338. The normalized spacial score (nSPS) is 11.1. The first-order valence-corrected chi connectivity index (χ1v) is 9.33. The number of aliphatic imine (C=N–C) groups is 1. The fourth-order valence-corrected chi connectivity index (χ4v) is 2.71. The number of guanidine groups is 1. The number of benzene rings is 1. The first kappa shape index (κ1) is 22.5. The molecule has 26 heavy (non-hydrogen) atoms. The number of hydrogen-bond donors (Lipinski definition) is 2. The molecule has 0 aliphatic heterocycles. The molecule has 1 heterocycles. The highest BCUT2D eigenvalue weighted by Crippen LogP contribution is 2.02. The standard InChI is InChI=1S/C20H31N5.HI/c1-3-21-20(24-14-9-12-19-10-5-4-6-11-19)23-13-7-8-16-25-17-15-22-18(25)2;/h4-6,10-11,15,17H,3,7-9,12-14,16H2,1-2H3,(H2,21,23,24);1H. The van der Waals surface area contributed by atoms with Crippen LogP contribution in [0.4, 0.5) is 0 Å². The summed E-state index contributed by atoms with van der Waals surface area (Å²) < 4.78 is 2.20. The van der Waals surface area contributed by atoms with Crippen LogP contribution in [0.1, 0.15) is 37.6 Å². The highest BCUT2D eigenvalue weighted by Gasteiger charge is 1.99. The molecule has 0 amide bonds. The summed E-state index contributed by atoms with van der Waals surface area (Å²) in [5.74, 6) is 2.01. The molecule has 2 aromatic rings. The van der Waals surface area contributed by atoms with E-state index in [4.69, 9.17) is 0 Å². The molecule has 2 rings (SSSR count). The minimum Gasteiger partial charge on any atom is -0.357 e. The lowest BCUT2D eigenvalue weighted by Gasteiger charge is -2.11. The molecule has 1 aromatic carbocycles. The molecule has 0 saturated carbocycles. The number of nitrogens with one attached hydrogen (secondary N) is 2. The number of aryl methyl sites for hydroxylation is 3. The first-order chi connectivity index (χ1) is 12.3. The lowest BCUT2D eigenvalue weighted by molar-refractivity contribution is 0.588. The molecule has 0 spiro atoms. The average molecular weight is 469 g/mol. The summed E-state index contributed by atoms with van der Waals surface area (Å²) in [5.41, 5.74) is 1.38. The number of halogens is 1. The fraction of sp³-hybridized carbons (Fsp3) is 0.500. The molecule has 0 aliphatic carbocycles. The van der Waals surface area contributed by atoms with Gasteiger partial charge < -0.3 is 15.2 Å². The largest absolute Gasteiger partial charge is 0.357 e. The van der Waals surface area contributed by atoms with E-state index in [2.05, 4.69) is 62.4 Å². The van der Waals surface area contributed by atoms with Crippen molar-refractivity contribution in [2.24, 2.45) is 4.99 Å². The van der Waals surface area contributed by atoms with Crippen LogP contribution in [0.15, 0.2) is 47.7 Å². The average Bonchev–Trinajstić information content (AvgIpc) is 3.04. The van der Waals surface area contributed by atoms with Crippen LogP contribution in [0.25, 0.3) is 0 Å². The van der Waals surface area contributed by atoms with E-state index in [0.717, 1.165) is 63.6 Å². The van der Waals surface area contributed by atoms with Gasteiger partial charge in [0, 0.05) is 38.6 Å². The Bertz CT molecular complexity index is 624. The van der Waals surface area contributed by atoms with Crippen molar-refractivity contribution in [2.75, 3.05) is 19.6 Å². The maximum Gasteiger partial charge on any atom is 0.191 e. The van der Waals surface area contributed by atoms with Crippen LogP contribution in [-0.4, -0.2) is 35.1 Å². The Labute approximate surface area is 174 Å². The second-order valence-electron chi connectivity index (χ2n) is 6.15. The van der Waals surface area contributed by atoms with Gasteiger partial charge in [-0.2, -0.15) is 0 Å². The van der Waals surface area contributed by atoms with Crippen molar-refractivity contribution < 1.29 is 0 Å². The highest BCUT2D eigenvalue weighted by molar-refractivity contribution is 14.0. The van der Waals surface area contributed by atoms with Crippen molar-refractivity contribution in [3.05, 3.63) is 54.1 Å². The smallest absolute Gasteiger partial charge is 0.191 e. The molecular formula is C20H32IN5. The molecule has 0 atom stereocenters. The van der Waals surface area contributed by atoms with Gasteiger partial charge in [0.2, 0.25) is 0 Å². The first-order valence-electron chi connectivity index (χ1n) is 9.33. The van der Waals surface area contributed by atoms with Gasteiger partial charge in [-0.25, -0.2) is 4.98 Å². The summed E-state index contributed by atoms with van der Waals surface area (Å²) in [6.45, 7) is 7.85. The van der Waals surface area contributed by atoms with Gasteiger partial charge in [-0.05, 0) is 45.1 Å². The molecule has 2 N–H and O–H groups in total. The number of rotatable bonds is 10. The third-order valence-electron chi connectivity index (χ3n) is 4.12. The van der Waals surface area contributed by atoms with Crippen LogP contribution >= 0.6 is 24.0 Å². The van der Waals surface area contributed by atoms with Crippen molar-refractivity contribution >= 4 is 29.9 Å². The van der Waals surface area contributed by atoms with E-state index in [1.165, 1.54) is 5.56 Å². The zero-order valence-corrected chi connectivity index (χ0v) is 18.3. The highest BCUT2D eigenvalue weighted by atomic mass is 127. The van der Waals surface area contributed by atoms with E-state index in [1.54, 1.807) is 0 Å². The molecule has 0 aliphatic rings. The van der Waals surface area contributed by atoms with Crippen molar-refractivity contribution in [3.8, 4) is 0 Å². The third kappa shape index (κ3) is 8.69. The Hall–Kier alpha value is -1.57. The van der Waals surface area contributed by atoms with E-state index >= 15 is 0 Å². The van der Waals surface area contributed by atoms with Crippen molar-refractivity contribution in [1.29, 1.82) is 0 Å². The van der Waals surface area contributed by atoms with Gasteiger partial charge in [-0.15, -0.1) is 24.0 Å². The van der Waals surface area contributed by atoms with Crippen molar-refractivity contribution in [3.63, 3.8) is 0 Å².